The maximum absolute atomic E-state index is 11.1. The molecule has 1 N–H and O–H groups in total. The molecule has 0 saturated heterocycles. The first-order valence-electron chi connectivity index (χ1n) is 5.70. The Morgan fingerprint density at radius 3 is 2.53 bits per heavy atom. The highest BCUT2D eigenvalue weighted by atomic mass is 16.4. The molecule has 0 spiro atoms. The van der Waals surface area contributed by atoms with Crippen molar-refractivity contribution in [1.29, 1.82) is 0 Å². The number of carbonyl (C=O) groups is 1. The monoisotopic (exact) mass is 228 g/mol. The molecule has 3 nitrogen and oxygen atoms in total. The highest BCUT2D eigenvalue weighted by Crippen LogP contribution is 2.37. The quantitative estimate of drug-likeness (QED) is 0.859. The molecule has 1 aliphatic rings. The van der Waals surface area contributed by atoms with Gasteiger partial charge in [-0.15, -0.1) is 0 Å². The third kappa shape index (κ3) is 1.55. The summed E-state index contributed by atoms with van der Waals surface area (Å²) in [5.41, 5.74) is 2.92. The van der Waals surface area contributed by atoms with E-state index in [1.807, 2.05) is 30.3 Å². The number of carboxylic acid groups (broad SMARTS) is 1. The van der Waals surface area contributed by atoms with Crippen LogP contribution in [0.4, 0.5) is 0 Å². The number of benzene rings is 1. The zero-order chi connectivity index (χ0) is 11.8. The van der Waals surface area contributed by atoms with Crippen molar-refractivity contribution < 1.29 is 14.3 Å². The number of carboxylic acids is 1. The Labute approximate surface area is 98.7 Å². The summed E-state index contributed by atoms with van der Waals surface area (Å²) in [5, 5.41) is 9.12. The number of rotatable bonds is 2. The lowest BCUT2D eigenvalue weighted by molar-refractivity contribution is 0.0662. The number of aromatic carboxylic acids is 1. The minimum Gasteiger partial charge on any atom is -0.475 e. The molecule has 1 heterocycles. The molecule has 0 aliphatic heterocycles. The SMILES string of the molecule is O=C(O)c1oc(-c2ccccc2)c2c1CCC2. The summed E-state index contributed by atoms with van der Waals surface area (Å²) in [6.45, 7) is 0. The fourth-order valence-electron chi connectivity index (χ4n) is 2.47. The Balaban J connectivity index is 2.19. The molecule has 17 heavy (non-hydrogen) atoms. The summed E-state index contributed by atoms with van der Waals surface area (Å²) in [5.74, 6) is -0.114. The van der Waals surface area contributed by atoms with Crippen LogP contribution < -0.4 is 0 Å². The number of hydrogen-bond donors (Lipinski definition) is 1. The fraction of sp³-hybridized carbons (Fsp3) is 0.214. The molecular formula is C14H12O3. The van der Waals surface area contributed by atoms with Crippen molar-refractivity contribution in [2.75, 3.05) is 0 Å². The predicted octanol–water partition coefficient (Wildman–Crippen LogP) is 3.13. The van der Waals surface area contributed by atoms with Crippen LogP contribution in [0.5, 0.6) is 0 Å². The van der Waals surface area contributed by atoms with Crippen LogP contribution in [0.3, 0.4) is 0 Å². The van der Waals surface area contributed by atoms with Crippen molar-refractivity contribution in [2.24, 2.45) is 0 Å². The van der Waals surface area contributed by atoms with Crippen molar-refractivity contribution in [3.63, 3.8) is 0 Å². The topological polar surface area (TPSA) is 50.4 Å². The standard InChI is InChI=1S/C14H12O3/c15-14(16)13-11-8-4-7-10(11)12(17-13)9-5-2-1-3-6-9/h1-3,5-6H,4,7-8H2,(H,15,16). The van der Waals surface area contributed by atoms with Gasteiger partial charge in [-0.2, -0.15) is 0 Å². The summed E-state index contributed by atoms with van der Waals surface area (Å²) in [6, 6.07) is 9.69. The first-order valence-corrected chi connectivity index (χ1v) is 5.70. The van der Waals surface area contributed by atoms with Crippen LogP contribution in [0.15, 0.2) is 34.7 Å². The van der Waals surface area contributed by atoms with Crippen molar-refractivity contribution in [2.45, 2.75) is 19.3 Å². The smallest absolute Gasteiger partial charge is 0.372 e. The zero-order valence-corrected chi connectivity index (χ0v) is 9.27. The van der Waals surface area contributed by atoms with E-state index in [-0.39, 0.29) is 5.76 Å². The number of hydrogen-bond acceptors (Lipinski definition) is 2. The van der Waals surface area contributed by atoms with Crippen LogP contribution in [0.25, 0.3) is 11.3 Å². The largest absolute Gasteiger partial charge is 0.475 e. The Morgan fingerprint density at radius 1 is 1.12 bits per heavy atom. The van der Waals surface area contributed by atoms with Gasteiger partial charge in [0.15, 0.2) is 0 Å². The van der Waals surface area contributed by atoms with Crippen molar-refractivity contribution in [3.8, 4) is 11.3 Å². The van der Waals surface area contributed by atoms with E-state index < -0.39 is 5.97 Å². The third-order valence-corrected chi connectivity index (χ3v) is 3.20. The molecule has 0 fully saturated rings. The summed E-state index contributed by atoms with van der Waals surface area (Å²) >= 11 is 0. The molecule has 0 saturated carbocycles. The molecular weight excluding hydrogens is 216 g/mol. The van der Waals surface area contributed by atoms with Crippen LogP contribution in [-0.4, -0.2) is 11.1 Å². The van der Waals surface area contributed by atoms with E-state index in [9.17, 15) is 4.79 Å². The van der Waals surface area contributed by atoms with Gasteiger partial charge in [0.1, 0.15) is 5.76 Å². The Bertz CT molecular complexity index is 567. The highest BCUT2D eigenvalue weighted by molar-refractivity contribution is 5.88. The minimum atomic E-state index is -0.967. The van der Waals surface area contributed by atoms with E-state index in [2.05, 4.69) is 0 Å². The molecule has 0 bridgehead atoms. The van der Waals surface area contributed by atoms with E-state index in [4.69, 9.17) is 9.52 Å². The Morgan fingerprint density at radius 2 is 1.82 bits per heavy atom. The van der Waals surface area contributed by atoms with Crippen LogP contribution in [0.2, 0.25) is 0 Å². The lowest BCUT2D eigenvalue weighted by Crippen LogP contribution is -1.97. The van der Waals surface area contributed by atoms with Crippen molar-refractivity contribution >= 4 is 5.97 Å². The van der Waals surface area contributed by atoms with Crippen molar-refractivity contribution in [1.82, 2.24) is 0 Å². The minimum absolute atomic E-state index is 0.122. The van der Waals surface area contributed by atoms with Gasteiger partial charge < -0.3 is 9.52 Å². The summed E-state index contributed by atoms with van der Waals surface area (Å²) < 4.78 is 5.54. The molecule has 0 amide bonds. The highest BCUT2D eigenvalue weighted by Gasteiger charge is 2.28. The van der Waals surface area contributed by atoms with Gasteiger partial charge in [-0.25, -0.2) is 4.79 Å². The van der Waals surface area contributed by atoms with Crippen LogP contribution >= 0.6 is 0 Å². The fourth-order valence-corrected chi connectivity index (χ4v) is 2.47. The Hall–Kier alpha value is -2.03. The van der Waals surface area contributed by atoms with E-state index in [1.165, 1.54) is 0 Å². The normalized spacial score (nSPS) is 13.6. The van der Waals surface area contributed by atoms with Crippen molar-refractivity contribution in [3.05, 3.63) is 47.2 Å². The molecule has 1 aromatic carbocycles. The van der Waals surface area contributed by atoms with Gasteiger partial charge >= 0.3 is 5.97 Å². The molecule has 1 aliphatic carbocycles. The van der Waals surface area contributed by atoms with E-state index in [0.29, 0.717) is 0 Å². The first kappa shape index (κ1) is 10.1. The van der Waals surface area contributed by atoms with Gasteiger partial charge in [0.05, 0.1) is 0 Å². The third-order valence-electron chi connectivity index (χ3n) is 3.20. The molecule has 86 valence electrons. The average molecular weight is 228 g/mol. The molecule has 3 heteroatoms. The van der Waals surface area contributed by atoms with E-state index in [0.717, 1.165) is 41.7 Å². The molecule has 0 unspecified atom stereocenters. The lowest BCUT2D eigenvalue weighted by atomic mass is 10.1. The zero-order valence-electron chi connectivity index (χ0n) is 9.27. The molecule has 0 atom stereocenters. The van der Waals surface area contributed by atoms with Crippen LogP contribution in [-0.2, 0) is 12.8 Å². The molecule has 0 radical (unpaired) electrons. The average Bonchev–Trinajstić information content (AvgIpc) is 2.90. The lowest BCUT2D eigenvalue weighted by Gasteiger charge is -1.99. The summed E-state index contributed by atoms with van der Waals surface area (Å²) in [4.78, 5) is 11.1. The number of furan rings is 1. The van der Waals surface area contributed by atoms with Gasteiger partial charge in [0.2, 0.25) is 5.76 Å². The Kier molecular flexibility index (Phi) is 2.25. The summed E-state index contributed by atoms with van der Waals surface area (Å²) in [6.07, 6.45) is 2.74. The second kappa shape index (κ2) is 3.77. The van der Waals surface area contributed by atoms with Gasteiger partial charge in [0, 0.05) is 16.7 Å². The van der Waals surface area contributed by atoms with Crippen LogP contribution in [0, 0.1) is 0 Å². The maximum atomic E-state index is 11.1. The van der Waals surface area contributed by atoms with E-state index in [1.54, 1.807) is 0 Å². The number of fused-ring (bicyclic) bond motifs is 1. The molecule has 3 rings (SSSR count). The molecule has 2 aromatic rings. The van der Waals surface area contributed by atoms with Gasteiger partial charge in [-0.05, 0) is 19.3 Å². The molecule has 1 aromatic heterocycles. The second-order valence-corrected chi connectivity index (χ2v) is 4.24. The summed E-state index contributed by atoms with van der Waals surface area (Å²) in [7, 11) is 0. The first-order chi connectivity index (χ1) is 8.27. The second-order valence-electron chi connectivity index (χ2n) is 4.24. The predicted molar refractivity (Wildman–Crippen MR) is 63.1 cm³/mol. The maximum Gasteiger partial charge on any atom is 0.372 e. The van der Waals surface area contributed by atoms with Gasteiger partial charge in [-0.1, -0.05) is 30.3 Å². The van der Waals surface area contributed by atoms with Gasteiger partial charge in [0.25, 0.3) is 0 Å². The van der Waals surface area contributed by atoms with Gasteiger partial charge in [-0.3, -0.25) is 0 Å². The van der Waals surface area contributed by atoms with E-state index >= 15 is 0 Å². The van der Waals surface area contributed by atoms with Crippen LogP contribution in [0.1, 0.15) is 28.1 Å².